The van der Waals surface area contributed by atoms with E-state index >= 15 is 0 Å². The number of benzene rings is 5. The standard InChI is InChI=1S/C32H12BF24.C11H10FN2/c34-25(35,36)13-1-14(26(37,38)39)6-21(5-13)33(22-7-15(27(40,41)42)2-16(8-22)28(43,44)45,23-9-17(29(46,47)48)3-18(10-23)30(49,50)51)24-11-19(31(52,53)54)4-20(12-24)32(55,56)57;12-11-3-1-2-10(8-11)9-14-6-4-13-5-7-14/h1-12H;1-8H,9H2/q-1;+1. The molecule has 1 aromatic heterocycles. The van der Waals surface area contributed by atoms with Crippen LogP contribution in [0.25, 0.3) is 0 Å². The van der Waals surface area contributed by atoms with Crippen molar-refractivity contribution in [3.05, 3.63) is 178 Å². The third kappa shape index (κ3) is 13.1. The third-order valence-corrected chi connectivity index (χ3v) is 10.4. The maximum Gasteiger partial charge on any atom is 0.416 e. The molecule has 28 heteroatoms. The Morgan fingerprint density at radius 3 is 0.789 bits per heavy atom. The summed E-state index contributed by atoms with van der Waals surface area (Å²) in [6, 6.07) is -2.22. The van der Waals surface area contributed by atoms with E-state index in [-0.39, 0.29) is 5.82 Å². The minimum atomic E-state index is -6.13. The molecule has 0 saturated carbocycles. The Bertz CT molecular complexity index is 2410. The van der Waals surface area contributed by atoms with Crippen LogP contribution in [0.15, 0.2) is 122 Å². The summed E-state index contributed by atoms with van der Waals surface area (Å²) < 4.78 is 356. The van der Waals surface area contributed by atoms with Gasteiger partial charge in [-0.2, -0.15) is 132 Å². The number of alkyl halides is 24. The molecule has 0 N–H and O–H groups in total. The van der Waals surface area contributed by atoms with Gasteiger partial charge in [0, 0.05) is 5.56 Å². The summed E-state index contributed by atoms with van der Waals surface area (Å²) in [5, 5.41) is 0. The first-order valence-corrected chi connectivity index (χ1v) is 19.0. The number of rotatable bonds is 6. The fourth-order valence-corrected chi connectivity index (χ4v) is 7.37. The predicted molar refractivity (Wildman–Crippen MR) is 200 cm³/mol. The zero-order valence-electron chi connectivity index (χ0n) is 34.2. The van der Waals surface area contributed by atoms with Crippen molar-refractivity contribution in [1.29, 1.82) is 0 Å². The fourth-order valence-electron chi connectivity index (χ4n) is 7.37. The lowest BCUT2D eigenvalue weighted by molar-refractivity contribution is -0.688. The number of hydrogen-bond acceptors (Lipinski definition) is 1. The lowest BCUT2D eigenvalue weighted by atomic mass is 9.12. The maximum absolute atomic E-state index is 14.2. The Kier molecular flexibility index (Phi) is 14.8. The molecule has 0 aliphatic carbocycles. The lowest BCUT2D eigenvalue weighted by Gasteiger charge is -2.46. The van der Waals surface area contributed by atoms with E-state index in [4.69, 9.17) is 0 Å². The summed E-state index contributed by atoms with van der Waals surface area (Å²) in [4.78, 5) is 3.91. The predicted octanol–water partition coefficient (Wildman–Crippen LogP) is 12.8. The van der Waals surface area contributed by atoms with Gasteiger partial charge < -0.3 is 0 Å². The Labute approximate surface area is 380 Å². The highest BCUT2D eigenvalue weighted by Crippen LogP contribution is 2.41. The van der Waals surface area contributed by atoms with E-state index in [1.807, 2.05) is 23.0 Å². The molecule has 0 spiro atoms. The third-order valence-electron chi connectivity index (χ3n) is 10.4. The first kappa shape index (κ1) is 55.4. The second-order valence-corrected chi connectivity index (χ2v) is 15.3. The summed E-state index contributed by atoms with van der Waals surface area (Å²) >= 11 is 0. The van der Waals surface area contributed by atoms with E-state index in [1.165, 1.54) is 12.1 Å². The van der Waals surface area contributed by atoms with Crippen molar-refractivity contribution in [2.75, 3.05) is 0 Å². The number of nitrogens with zero attached hydrogens (tertiary/aromatic N) is 2. The van der Waals surface area contributed by atoms with Crippen LogP contribution in [0, 0.1) is 5.82 Å². The van der Waals surface area contributed by atoms with Gasteiger partial charge in [0.15, 0.2) is 18.9 Å². The Morgan fingerprint density at radius 1 is 0.338 bits per heavy atom. The largest absolute Gasteiger partial charge is 0.416 e. The SMILES string of the molecule is FC(F)(F)c1cc([B-](c2cc(C(F)(F)F)cc(C(F)(F)F)c2)(c2cc(C(F)(F)F)cc(C(F)(F)F)c2)c2cc(C(F)(F)F)cc(C(F)(F)F)c2)cc(C(F)(F)F)c1.Fc1cccc(C[n+]2ccncc2)c1. The molecule has 0 aliphatic heterocycles. The molecule has 0 bridgehead atoms. The van der Waals surface area contributed by atoms with Gasteiger partial charge in [0.25, 0.3) is 0 Å². The van der Waals surface area contributed by atoms with Crippen molar-refractivity contribution >= 4 is 28.0 Å². The topological polar surface area (TPSA) is 16.8 Å². The second kappa shape index (κ2) is 18.9. The summed E-state index contributed by atoms with van der Waals surface area (Å²) in [5.74, 6) is -0.197. The highest BCUT2D eigenvalue weighted by molar-refractivity contribution is 7.20. The first-order chi connectivity index (χ1) is 32.1. The minimum absolute atomic E-state index is 0.197. The summed E-state index contributed by atoms with van der Waals surface area (Å²) in [6.07, 6.45) is -47.7. The molecule has 6 rings (SSSR count). The fraction of sp³-hybridized carbons (Fsp3) is 0.209. The van der Waals surface area contributed by atoms with E-state index in [0.29, 0.717) is 6.54 Å². The second-order valence-electron chi connectivity index (χ2n) is 15.3. The average Bonchev–Trinajstić information content (AvgIpc) is 3.22. The van der Waals surface area contributed by atoms with Gasteiger partial charge in [-0.15, -0.1) is 0 Å². The molecule has 71 heavy (non-hydrogen) atoms. The molecule has 2 nitrogen and oxygen atoms in total. The van der Waals surface area contributed by atoms with Gasteiger partial charge in [-0.05, 0) is 36.4 Å². The summed E-state index contributed by atoms with van der Waals surface area (Å²) in [5.41, 5.74) is -29.3. The van der Waals surface area contributed by atoms with Gasteiger partial charge in [-0.3, -0.25) is 4.98 Å². The Balaban J connectivity index is 0.000000569. The molecule has 0 amide bonds. The van der Waals surface area contributed by atoms with Crippen LogP contribution in [0.1, 0.15) is 50.1 Å². The van der Waals surface area contributed by atoms with Gasteiger partial charge in [0.2, 0.25) is 0 Å². The monoisotopic (exact) mass is 1050 g/mol. The van der Waals surface area contributed by atoms with Crippen LogP contribution in [-0.2, 0) is 56.0 Å². The van der Waals surface area contributed by atoms with Crippen LogP contribution in [0.3, 0.4) is 0 Å². The van der Waals surface area contributed by atoms with E-state index < -0.39 is 195 Å². The van der Waals surface area contributed by atoms with E-state index in [2.05, 4.69) is 4.98 Å². The van der Waals surface area contributed by atoms with Gasteiger partial charge in [-0.25, -0.2) is 4.39 Å². The van der Waals surface area contributed by atoms with E-state index in [0.717, 1.165) is 5.56 Å². The quantitative estimate of drug-likeness (QED) is 0.0923. The number of aromatic nitrogens is 2. The molecule has 6 aromatic rings. The van der Waals surface area contributed by atoms with Gasteiger partial charge in [0.05, 0.1) is 56.9 Å². The molecule has 5 aromatic carbocycles. The maximum atomic E-state index is 14.2. The minimum Gasteiger partial charge on any atom is -0.252 e. The van der Waals surface area contributed by atoms with Crippen molar-refractivity contribution in [2.24, 2.45) is 0 Å². The molecular formula is C43H22BF25N2. The van der Waals surface area contributed by atoms with Gasteiger partial charge >= 0.3 is 49.4 Å². The van der Waals surface area contributed by atoms with E-state index in [9.17, 15) is 110 Å². The zero-order valence-corrected chi connectivity index (χ0v) is 34.2. The van der Waals surface area contributed by atoms with Crippen LogP contribution in [0.4, 0.5) is 110 Å². The zero-order chi connectivity index (χ0) is 53.7. The molecule has 0 atom stereocenters. The van der Waals surface area contributed by atoms with Crippen LogP contribution in [0.2, 0.25) is 0 Å². The molecule has 0 aliphatic rings. The lowest BCUT2D eigenvalue weighted by Crippen LogP contribution is -2.75. The van der Waals surface area contributed by atoms with Crippen molar-refractivity contribution in [3.63, 3.8) is 0 Å². The Morgan fingerprint density at radius 2 is 0.577 bits per heavy atom. The smallest absolute Gasteiger partial charge is 0.252 e. The summed E-state index contributed by atoms with van der Waals surface area (Å²) in [6.45, 7) is 0.667. The van der Waals surface area contributed by atoms with Crippen molar-refractivity contribution < 1.29 is 114 Å². The highest BCUT2D eigenvalue weighted by Gasteiger charge is 2.47. The normalized spacial score (nSPS) is 13.5. The molecule has 0 saturated heterocycles. The average molecular weight is 1050 g/mol. The highest BCUT2D eigenvalue weighted by atomic mass is 19.4. The number of halogens is 25. The molecule has 0 fully saturated rings. The van der Waals surface area contributed by atoms with Crippen molar-refractivity contribution in [3.8, 4) is 0 Å². The molecular weight excluding hydrogens is 1030 g/mol. The van der Waals surface area contributed by atoms with Crippen LogP contribution in [0.5, 0.6) is 0 Å². The van der Waals surface area contributed by atoms with Gasteiger partial charge in [0.1, 0.15) is 12.0 Å². The van der Waals surface area contributed by atoms with Crippen molar-refractivity contribution in [1.82, 2.24) is 4.98 Å². The van der Waals surface area contributed by atoms with Crippen LogP contribution < -0.4 is 26.4 Å². The van der Waals surface area contributed by atoms with Crippen LogP contribution in [-0.4, -0.2) is 11.1 Å². The van der Waals surface area contributed by atoms with Crippen LogP contribution >= 0.6 is 0 Å². The molecule has 1 heterocycles. The van der Waals surface area contributed by atoms with E-state index in [1.54, 1.807) is 18.5 Å². The molecule has 382 valence electrons. The Hall–Kier alpha value is -6.51. The molecule has 0 unspecified atom stereocenters. The van der Waals surface area contributed by atoms with Crippen molar-refractivity contribution in [2.45, 2.75) is 56.0 Å². The summed E-state index contributed by atoms with van der Waals surface area (Å²) in [7, 11) is 0. The first-order valence-electron chi connectivity index (χ1n) is 19.0. The molecule has 0 radical (unpaired) electrons. The van der Waals surface area contributed by atoms with Gasteiger partial charge in [-0.1, -0.05) is 60.7 Å². The number of hydrogen-bond donors (Lipinski definition) is 0.